The fraction of sp³-hybridized carbons (Fsp3) is 0.0714. The first kappa shape index (κ1) is 14.0. The maximum Gasteiger partial charge on any atom is 0.416 e. The predicted molar refractivity (Wildman–Crippen MR) is 68.2 cm³/mol. The highest BCUT2D eigenvalue weighted by atomic mass is 19.4. The maximum atomic E-state index is 12.9. The van der Waals surface area contributed by atoms with Gasteiger partial charge >= 0.3 is 6.18 Å². The van der Waals surface area contributed by atoms with E-state index in [0.29, 0.717) is 0 Å². The number of hydrogen-bond donors (Lipinski definition) is 2. The molecule has 0 spiro atoms. The smallest absolute Gasteiger partial charge is 0.398 e. The number of nitrogens with one attached hydrogen (secondary N) is 1. The first-order valence-corrected chi connectivity index (χ1v) is 5.60. The van der Waals surface area contributed by atoms with E-state index in [4.69, 9.17) is 11.1 Å². The Morgan fingerprint density at radius 3 is 2.35 bits per heavy atom. The molecule has 3 N–H and O–H groups in total. The summed E-state index contributed by atoms with van der Waals surface area (Å²) in [6, 6.07) is 7.78. The quantitative estimate of drug-likeness (QED) is 0.490. The lowest BCUT2D eigenvalue weighted by atomic mass is 9.99. The third kappa shape index (κ3) is 2.79. The Hall–Kier alpha value is -2.37. The average molecular weight is 282 g/mol. The minimum atomic E-state index is -4.48. The van der Waals surface area contributed by atoms with E-state index in [1.54, 1.807) is 0 Å². The molecule has 6 heteroatoms. The van der Waals surface area contributed by atoms with Crippen molar-refractivity contribution < 1.29 is 17.6 Å². The molecule has 0 aliphatic heterocycles. The van der Waals surface area contributed by atoms with Crippen molar-refractivity contribution >= 4 is 11.4 Å². The molecule has 0 fully saturated rings. The number of halogens is 4. The molecule has 0 bridgehead atoms. The normalized spacial score (nSPS) is 11.4. The summed E-state index contributed by atoms with van der Waals surface area (Å²) in [5.41, 5.74) is 4.81. The number of benzene rings is 2. The molecule has 20 heavy (non-hydrogen) atoms. The molecule has 2 aromatic rings. The summed E-state index contributed by atoms with van der Waals surface area (Å²) in [6.45, 7) is 0. The second-order valence-electron chi connectivity index (χ2n) is 4.19. The molecule has 2 nitrogen and oxygen atoms in total. The molecular formula is C14H10F4N2. The van der Waals surface area contributed by atoms with Crippen LogP contribution in [0.25, 0.3) is 0 Å². The van der Waals surface area contributed by atoms with Gasteiger partial charge in [-0.05, 0) is 30.3 Å². The van der Waals surface area contributed by atoms with E-state index in [0.717, 1.165) is 24.3 Å². The van der Waals surface area contributed by atoms with Crippen molar-refractivity contribution in [1.29, 1.82) is 5.41 Å². The third-order valence-corrected chi connectivity index (χ3v) is 2.76. The van der Waals surface area contributed by atoms with E-state index in [-0.39, 0.29) is 22.5 Å². The first-order chi connectivity index (χ1) is 9.29. The summed E-state index contributed by atoms with van der Waals surface area (Å²) in [7, 11) is 0. The molecule has 0 saturated carbocycles. The summed E-state index contributed by atoms with van der Waals surface area (Å²) in [5, 5.41) is 7.91. The first-order valence-electron chi connectivity index (χ1n) is 5.60. The fourth-order valence-corrected chi connectivity index (χ4v) is 1.77. The van der Waals surface area contributed by atoms with E-state index in [1.165, 1.54) is 18.2 Å². The minimum Gasteiger partial charge on any atom is -0.398 e. The van der Waals surface area contributed by atoms with Gasteiger partial charge in [-0.25, -0.2) is 4.39 Å². The summed E-state index contributed by atoms with van der Waals surface area (Å²) >= 11 is 0. The van der Waals surface area contributed by atoms with Crippen LogP contribution in [0.15, 0.2) is 42.5 Å². The monoisotopic (exact) mass is 282 g/mol. The maximum absolute atomic E-state index is 12.9. The Morgan fingerprint density at radius 2 is 1.75 bits per heavy atom. The van der Waals surface area contributed by atoms with E-state index in [9.17, 15) is 17.6 Å². The van der Waals surface area contributed by atoms with E-state index < -0.39 is 17.6 Å². The molecule has 2 aromatic carbocycles. The van der Waals surface area contributed by atoms with Gasteiger partial charge < -0.3 is 5.73 Å². The van der Waals surface area contributed by atoms with Gasteiger partial charge in [-0.2, -0.15) is 13.2 Å². The second kappa shape index (κ2) is 4.96. The van der Waals surface area contributed by atoms with E-state index in [2.05, 4.69) is 0 Å². The van der Waals surface area contributed by atoms with E-state index in [1.807, 2.05) is 0 Å². The van der Waals surface area contributed by atoms with Gasteiger partial charge in [0.1, 0.15) is 5.82 Å². The van der Waals surface area contributed by atoms with Crippen molar-refractivity contribution in [3.8, 4) is 0 Å². The molecule has 0 amide bonds. The predicted octanol–water partition coefficient (Wildman–Crippen LogP) is 3.84. The molecule has 0 saturated heterocycles. The number of hydrogen-bond acceptors (Lipinski definition) is 2. The van der Waals surface area contributed by atoms with Crippen molar-refractivity contribution in [2.24, 2.45) is 0 Å². The van der Waals surface area contributed by atoms with Crippen LogP contribution >= 0.6 is 0 Å². The van der Waals surface area contributed by atoms with Crippen LogP contribution in [0.3, 0.4) is 0 Å². The molecule has 104 valence electrons. The molecule has 2 rings (SSSR count). The molecule has 0 radical (unpaired) electrons. The molecule has 0 heterocycles. The van der Waals surface area contributed by atoms with Crippen LogP contribution in [-0.4, -0.2) is 5.71 Å². The molecule has 0 aromatic heterocycles. The molecule has 0 aliphatic carbocycles. The van der Waals surface area contributed by atoms with Crippen molar-refractivity contribution in [3.63, 3.8) is 0 Å². The topological polar surface area (TPSA) is 49.9 Å². The summed E-state index contributed by atoms with van der Waals surface area (Å²) in [4.78, 5) is 0. The zero-order chi connectivity index (χ0) is 14.9. The lowest BCUT2D eigenvalue weighted by Crippen LogP contribution is -2.09. The van der Waals surface area contributed by atoms with Gasteiger partial charge in [0.05, 0.1) is 11.3 Å². The van der Waals surface area contributed by atoms with Crippen molar-refractivity contribution in [3.05, 3.63) is 65.0 Å². The Balaban J connectivity index is 2.44. The molecule has 0 aliphatic rings. The van der Waals surface area contributed by atoms with Gasteiger partial charge in [-0.1, -0.05) is 12.1 Å². The number of anilines is 1. The Labute approximate surface area is 112 Å². The lowest BCUT2D eigenvalue weighted by molar-refractivity contribution is -0.137. The molecule has 0 atom stereocenters. The van der Waals surface area contributed by atoms with Crippen LogP contribution in [0.4, 0.5) is 23.2 Å². The van der Waals surface area contributed by atoms with Crippen molar-refractivity contribution in [2.75, 3.05) is 5.73 Å². The number of nitrogens with two attached hydrogens (primary N) is 1. The van der Waals surface area contributed by atoms with Gasteiger partial charge in [0, 0.05) is 16.8 Å². The van der Waals surface area contributed by atoms with Crippen molar-refractivity contribution in [1.82, 2.24) is 0 Å². The summed E-state index contributed by atoms with van der Waals surface area (Å²) in [6.07, 6.45) is -4.48. The van der Waals surface area contributed by atoms with Gasteiger partial charge in [0.2, 0.25) is 0 Å². The average Bonchev–Trinajstić information content (AvgIpc) is 2.37. The van der Waals surface area contributed by atoms with E-state index >= 15 is 0 Å². The van der Waals surface area contributed by atoms with Gasteiger partial charge in [0.15, 0.2) is 0 Å². The van der Waals surface area contributed by atoms with Gasteiger partial charge in [-0.3, -0.25) is 5.41 Å². The number of rotatable bonds is 2. The largest absolute Gasteiger partial charge is 0.416 e. The number of alkyl halides is 3. The fourth-order valence-electron chi connectivity index (χ4n) is 1.77. The Morgan fingerprint density at radius 1 is 1.05 bits per heavy atom. The zero-order valence-corrected chi connectivity index (χ0v) is 10.1. The molecule has 0 unspecified atom stereocenters. The second-order valence-corrected chi connectivity index (χ2v) is 4.19. The van der Waals surface area contributed by atoms with Crippen LogP contribution in [0.5, 0.6) is 0 Å². The highest BCUT2D eigenvalue weighted by Gasteiger charge is 2.30. The van der Waals surface area contributed by atoms with Crippen LogP contribution in [-0.2, 0) is 6.18 Å². The van der Waals surface area contributed by atoms with Crippen LogP contribution in [0.2, 0.25) is 0 Å². The SMILES string of the molecule is N=C(c1cccc(C(F)(F)F)c1)c1ccc(F)cc1N. The highest BCUT2D eigenvalue weighted by Crippen LogP contribution is 2.30. The molecular weight excluding hydrogens is 272 g/mol. The summed E-state index contributed by atoms with van der Waals surface area (Å²) in [5.74, 6) is -0.567. The Bertz CT molecular complexity index is 662. The van der Waals surface area contributed by atoms with Crippen molar-refractivity contribution in [2.45, 2.75) is 6.18 Å². The van der Waals surface area contributed by atoms with Crippen LogP contribution in [0.1, 0.15) is 16.7 Å². The summed E-state index contributed by atoms with van der Waals surface area (Å²) < 4.78 is 50.8. The van der Waals surface area contributed by atoms with Gasteiger partial charge in [-0.15, -0.1) is 0 Å². The highest BCUT2D eigenvalue weighted by molar-refractivity contribution is 6.13. The zero-order valence-electron chi connectivity index (χ0n) is 10.1. The van der Waals surface area contributed by atoms with Gasteiger partial charge in [0.25, 0.3) is 0 Å². The minimum absolute atomic E-state index is 0.00686. The third-order valence-electron chi connectivity index (χ3n) is 2.76. The number of nitrogen functional groups attached to an aromatic ring is 1. The van der Waals surface area contributed by atoms with Crippen LogP contribution < -0.4 is 5.73 Å². The van der Waals surface area contributed by atoms with Crippen LogP contribution in [0, 0.1) is 11.2 Å². The Kier molecular flexibility index (Phi) is 3.48. The lowest BCUT2D eigenvalue weighted by Gasteiger charge is -2.11. The standard InChI is InChI=1S/C14H10F4N2/c15-10-4-5-11(12(19)7-10)13(20)8-2-1-3-9(6-8)14(16,17)18/h1-7,20H,19H2.